The van der Waals surface area contributed by atoms with Gasteiger partial charge in [-0.1, -0.05) is 0 Å². The fourth-order valence-electron chi connectivity index (χ4n) is 1.22. The van der Waals surface area contributed by atoms with Crippen molar-refractivity contribution in [1.29, 1.82) is 0 Å². The van der Waals surface area contributed by atoms with E-state index in [2.05, 4.69) is 37.3 Å². The second-order valence-corrected chi connectivity index (χ2v) is 9.13. The standard InChI is InChI=1S/C6H5.C5H11O.Hg/c1-2-4-6-5-3-1;1-2-3-4-5-6;/h1-5H;2-5H2,1H3;/q;-1;+1. The molecule has 1 rings (SSSR count). The van der Waals surface area contributed by atoms with Crippen molar-refractivity contribution in [3.8, 4) is 0 Å². The molecule has 13 heavy (non-hydrogen) atoms. The molecule has 0 fully saturated rings. The molecule has 0 radical (unpaired) electrons. The Labute approximate surface area is 93.6 Å². The van der Waals surface area contributed by atoms with Crippen LogP contribution in [-0.4, -0.2) is 6.61 Å². The van der Waals surface area contributed by atoms with Gasteiger partial charge in [0, 0.05) is 0 Å². The van der Waals surface area contributed by atoms with Crippen LogP contribution in [0.3, 0.4) is 0 Å². The van der Waals surface area contributed by atoms with Crippen LogP contribution in [0.1, 0.15) is 26.2 Å². The van der Waals surface area contributed by atoms with Crippen LogP contribution in [0.2, 0.25) is 0 Å². The zero-order valence-corrected chi connectivity index (χ0v) is 13.8. The summed E-state index contributed by atoms with van der Waals surface area (Å²) in [7, 11) is 0. The molecule has 0 spiro atoms. The first-order valence-electron chi connectivity index (χ1n) is 5.05. The van der Waals surface area contributed by atoms with Gasteiger partial charge in [0.25, 0.3) is 0 Å². The topological polar surface area (TPSA) is 9.23 Å². The third-order valence-electron chi connectivity index (χ3n) is 2.00. The van der Waals surface area contributed by atoms with Gasteiger partial charge in [-0.3, -0.25) is 0 Å². The van der Waals surface area contributed by atoms with E-state index in [1.54, 1.807) is 0 Å². The first-order valence-corrected chi connectivity index (χ1v) is 10.0. The molecule has 0 aromatic heterocycles. The molecule has 0 saturated heterocycles. The van der Waals surface area contributed by atoms with E-state index in [4.69, 9.17) is 2.64 Å². The maximum atomic E-state index is 5.74. The Morgan fingerprint density at radius 3 is 2.62 bits per heavy atom. The van der Waals surface area contributed by atoms with E-state index in [-0.39, 0.29) is 0 Å². The predicted octanol–water partition coefficient (Wildman–Crippen LogP) is 2.52. The van der Waals surface area contributed by atoms with Crippen LogP contribution < -0.4 is 3.07 Å². The summed E-state index contributed by atoms with van der Waals surface area (Å²) >= 11 is -1.16. The minimum absolute atomic E-state index is 0.990. The third-order valence-corrected chi connectivity index (χ3v) is 7.05. The summed E-state index contributed by atoms with van der Waals surface area (Å²) in [4.78, 5) is 0. The summed E-state index contributed by atoms with van der Waals surface area (Å²) in [5.41, 5.74) is 0. The van der Waals surface area contributed by atoms with Gasteiger partial charge in [-0.15, -0.1) is 0 Å². The molecule has 0 bridgehead atoms. The zero-order valence-electron chi connectivity index (χ0n) is 8.33. The molecule has 2 heteroatoms. The van der Waals surface area contributed by atoms with Gasteiger partial charge in [-0.2, -0.15) is 0 Å². The van der Waals surface area contributed by atoms with E-state index in [9.17, 15) is 0 Å². The maximum absolute atomic E-state index is 5.74. The van der Waals surface area contributed by atoms with Gasteiger partial charge in [-0.25, -0.2) is 0 Å². The molecular weight excluding hydrogens is 349 g/mol. The van der Waals surface area contributed by atoms with Crippen molar-refractivity contribution in [2.24, 2.45) is 0 Å². The molecule has 0 aliphatic heterocycles. The molecular formula is C11H16HgO. The van der Waals surface area contributed by atoms with Crippen molar-refractivity contribution in [2.45, 2.75) is 26.2 Å². The normalized spacial score (nSPS) is 9.62. The molecule has 0 aliphatic rings. The van der Waals surface area contributed by atoms with E-state index in [0.717, 1.165) is 6.61 Å². The van der Waals surface area contributed by atoms with Crippen LogP contribution in [0.5, 0.6) is 0 Å². The average molecular weight is 365 g/mol. The van der Waals surface area contributed by atoms with Crippen LogP contribution in [0.4, 0.5) is 0 Å². The average Bonchev–Trinajstić information content (AvgIpc) is 2.19. The van der Waals surface area contributed by atoms with Crippen molar-refractivity contribution >= 4 is 3.07 Å². The summed E-state index contributed by atoms with van der Waals surface area (Å²) in [6, 6.07) is 10.7. The number of benzene rings is 1. The Balaban J connectivity index is 2.07. The number of rotatable bonds is 6. The number of hydrogen-bond acceptors (Lipinski definition) is 1. The predicted molar refractivity (Wildman–Crippen MR) is 51.6 cm³/mol. The van der Waals surface area contributed by atoms with Gasteiger partial charge >= 0.3 is 93.9 Å². The number of hydrogen-bond donors (Lipinski definition) is 0. The molecule has 1 nitrogen and oxygen atoms in total. The SMILES string of the molecule is CCCCC[O][Hg][c]1ccccc1. The van der Waals surface area contributed by atoms with Crippen LogP contribution in [0.25, 0.3) is 0 Å². The van der Waals surface area contributed by atoms with E-state index < -0.39 is 25.0 Å². The van der Waals surface area contributed by atoms with Gasteiger partial charge in [0.2, 0.25) is 0 Å². The summed E-state index contributed by atoms with van der Waals surface area (Å²) in [6.45, 7) is 3.21. The second-order valence-electron chi connectivity index (χ2n) is 3.25. The second kappa shape index (κ2) is 7.51. The fourth-order valence-corrected chi connectivity index (χ4v) is 5.30. The monoisotopic (exact) mass is 366 g/mol. The van der Waals surface area contributed by atoms with Gasteiger partial charge in [-0.05, 0) is 0 Å². The minimum atomic E-state index is -1.16. The molecule has 0 saturated carbocycles. The molecule has 1 aromatic rings. The van der Waals surface area contributed by atoms with Crippen LogP contribution in [0.15, 0.2) is 30.3 Å². The van der Waals surface area contributed by atoms with E-state index in [0.29, 0.717) is 0 Å². The molecule has 68 valence electrons. The fraction of sp³-hybridized carbons (Fsp3) is 0.455. The Morgan fingerprint density at radius 1 is 1.15 bits per heavy atom. The molecule has 0 heterocycles. The molecule has 1 aromatic carbocycles. The Morgan fingerprint density at radius 2 is 1.92 bits per heavy atom. The first kappa shape index (κ1) is 11.2. The van der Waals surface area contributed by atoms with Gasteiger partial charge in [0.05, 0.1) is 0 Å². The van der Waals surface area contributed by atoms with Crippen LogP contribution >= 0.6 is 0 Å². The summed E-state index contributed by atoms with van der Waals surface area (Å²) in [6.07, 6.45) is 3.83. The van der Waals surface area contributed by atoms with E-state index in [1.807, 2.05) is 0 Å². The van der Waals surface area contributed by atoms with Crippen molar-refractivity contribution in [2.75, 3.05) is 6.61 Å². The Kier molecular flexibility index (Phi) is 6.47. The van der Waals surface area contributed by atoms with E-state index >= 15 is 0 Å². The first-order chi connectivity index (χ1) is 6.43. The Bertz CT molecular complexity index is 211. The zero-order chi connectivity index (χ0) is 9.36. The van der Waals surface area contributed by atoms with Crippen molar-refractivity contribution < 1.29 is 27.7 Å². The summed E-state index contributed by atoms with van der Waals surface area (Å²) in [5.74, 6) is 0. The molecule has 0 atom stereocenters. The summed E-state index contributed by atoms with van der Waals surface area (Å²) < 4.78 is 7.23. The molecule has 0 aliphatic carbocycles. The van der Waals surface area contributed by atoms with Crippen molar-refractivity contribution in [3.05, 3.63) is 30.3 Å². The van der Waals surface area contributed by atoms with Gasteiger partial charge in [0.15, 0.2) is 0 Å². The van der Waals surface area contributed by atoms with Crippen molar-refractivity contribution in [3.63, 3.8) is 0 Å². The van der Waals surface area contributed by atoms with Crippen LogP contribution in [-0.2, 0) is 27.7 Å². The quantitative estimate of drug-likeness (QED) is 0.557. The summed E-state index contributed by atoms with van der Waals surface area (Å²) in [5, 5.41) is 0. The van der Waals surface area contributed by atoms with E-state index in [1.165, 1.54) is 22.3 Å². The third kappa shape index (κ3) is 5.43. The Hall–Kier alpha value is 0.115. The van der Waals surface area contributed by atoms with Crippen LogP contribution in [0, 0.1) is 0 Å². The van der Waals surface area contributed by atoms with Gasteiger partial charge < -0.3 is 0 Å². The molecule has 0 N–H and O–H groups in total. The van der Waals surface area contributed by atoms with Gasteiger partial charge in [0.1, 0.15) is 0 Å². The molecule has 0 amide bonds. The number of unbranched alkanes of at least 4 members (excludes halogenated alkanes) is 2. The molecule has 0 unspecified atom stereocenters. The van der Waals surface area contributed by atoms with Crippen molar-refractivity contribution in [1.82, 2.24) is 0 Å².